The van der Waals surface area contributed by atoms with Crippen LogP contribution in [0, 0.1) is 19.7 Å². The molecule has 2 aromatic carbocycles. The summed E-state index contributed by atoms with van der Waals surface area (Å²) in [6.07, 6.45) is 1.26. The van der Waals surface area contributed by atoms with Gasteiger partial charge in [-0.2, -0.15) is 0 Å². The van der Waals surface area contributed by atoms with E-state index in [9.17, 15) is 9.18 Å². The first-order chi connectivity index (χ1) is 15.0. The van der Waals surface area contributed by atoms with Crippen LogP contribution in [0.2, 0.25) is 0 Å². The second-order valence-electron chi connectivity index (χ2n) is 8.45. The molecule has 0 spiro atoms. The molecule has 2 fully saturated rings. The Morgan fingerprint density at radius 1 is 1.03 bits per heavy atom. The number of nitrogens with zero attached hydrogens (tertiary/aromatic N) is 2. The molecular formula is C25H31FN2O3. The van der Waals surface area contributed by atoms with Crippen molar-refractivity contribution in [2.75, 3.05) is 39.4 Å². The molecule has 5 nitrogen and oxygen atoms in total. The third-order valence-electron chi connectivity index (χ3n) is 6.34. The lowest BCUT2D eigenvalue weighted by Gasteiger charge is -2.47. The summed E-state index contributed by atoms with van der Waals surface area (Å²) >= 11 is 0. The number of carbonyl (C=O) groups is 1. The van der Waals surface area contributed by atoms with Gasteiger partial charge in [0, 0.05) is 19.6 Å². The van der Waals surface area contributed by atoms with Crippen LogP contribution in [-0.2, 0) is 9.53 Å². The zero-order valence-corrected chi connectivity index (χ0v) is 18.4. The van der Waals surface area contributed by atoms with Gasteiger partial charge in [-0.15, -0.1) is 0 Å². The first-order valence-electron chi connectivity index (χ1n) is 11.1. The van der Waals surface area contributed by atoms with Gasteiger partial charge in [-0.25, -0.2) is 4.39 Å². The lowest BCUT2D eigenvalue weighted by atomic mass is 9.88. The van der Waals surface area contributed by atoms with E-state index in [4.69, 9.17) is 9.47 Å². The Labute approximate surface area is 183 Å². The van der Waals surface area contributed by atoms with Crippen molar-refractivity contribution >= 4 is 5.91 Å². The number of carbonyl (C=O) groups excluding carboxylic acids is 1. The molecule has 2 aromatic rings. The molecule has 0 aliphatic carbocycles. The van der Waals surface area contributed by atoms with E-state index >= 15 is 0 Å². The Bertz CT molecular complexity index is 913. The number of β-lactam (4-membered cyclic amide) rings is 1. The number of benzene rings is 2. The van der Waals surface area contributed by atoms with Crippen LogP contribution in [0.15, 0.2) is 42.5 Å². The Morgan fingerprint density at radius 2 is 1.77 bits per heavy atom. The highest BCUT2D eigenvalue weighted by Gasteiger charge is 2.50. The molecule has 2 aliphatic heterocycles. The Kier molecular flexibility index (Phi) is 6.88. The predicted molar refractivity (Wildman–Crippen MR) is 118 cm³/mol. The lowest BCUT2D eigenvalue weighted by Crippen LogP contribution is -2.61. The maximum atomic E-state index is 14.1. The smallest absolute Gasteiger partial charge is 0.266 e. The molecule has 2 heterocycles. The van der Waals surface area contributed by atoms with Gasteiger partial charge in [-0.1, -0.05) is 30.3 Å². The zero-order chi connectivity index (χ0) is 21.8. The van der Waals surface area contributed by atoms with E-state index in [-0.39, 0.29) is 17.7 Å². The van der Waals surface area contributed by atoms with Crippen molar-refractivity contribution in [1.82, 2.24) is 9.80 Å². The van der Waals surface area contributed by atoms with Gasteiger partial charge >= 0.3 is 0 Å². The van der Waals surface area contributed by atoms with Crippen LogP contribution in [0.5, 0.6) is 5.75 Å². The Balaban J connectivity index is 1.44. The molecule has 2 atom stereocenters. The van der Waals surface area contributed by atoms with E-state index in [1.807, 2.05) is 4.90 Å². The van der Waals surface area contributed by atoms with Crippen LogP contribution >= 0.6 is 0 Å². The molecule has 0 aromatic heterocycles. The van der Waals surface area contributed by atoms with E-state index in [0.717, 1.165) is 51.3 Å². The molecule has 31 heavy (non-hydrogen) atoms. The molecule has 6 heteroatoms. The van der Waals surface area contributed by atoms with E-state index in [1.165, 1.54) is 17.2 Å². The van der Waals surface area contributed by atoms with Crippen LogP contribution in [0.3, 0.4) is 0 Å². The number of para-hydroxylation sites is 1. The third-order valence-corrected chi connectivity index (χ3v) is 6.34. The van der Waals surface area contributed by atoms with Crippen molar-refractivity contribution in [3.8, 4) is 5.75 Å². The summed E-state index contributed by atoms with van der Waals surface area (Å²) in [7, 11) is 0. The van der Waals surface area contributed by atoms with E-state index in [1.54, 1.807) is 18.2 Å². The van der Waals surface area contributed by atoms with Gasteiger partial charge in [0.15, 0.2) is 11.6 Å². The van der Waals surface area contributed by atoms with Crippen LogP contribution in [0.1, 0.15) is 35.6 Å². The SMILES string of the molecule is Cc1ccc([C@H]2[C@H](Oc3ccccc3F)C(=O)N2CCCCN2CCOCC2)cc1C. The maximum Gasteiger partial charge on any atom is 0.266 e. The quantitative estimate of drug-likeness (QED) is 0.475. The van der Waals surface area contributed by atoms with Crippen molar-refractivity contribution in [3.63, 3.8) is 0 Å². The molecule has 4 rings (SSSR count). The van der Waals surface area contributed by atoms with Gasteiger partial charge in [-0.3, -0.25) is 9.69 Å². The van der Waals surface area contributed by atoms with Crippen LogP contribution in [0.4, 0.5) is 4.39 Å². The largest absolute Gasteiger partial charge is 0.475 e. The molecule has 166 valence electrons. The minimum Gasteiger partial charge on any atom is -0.475 e. The summed E-state index contributed by atoms with van der Waals surface area (Å²) in [6.45, 7) is 9.40. The second-order valence-corrected chi connectivity index (χ2v) is 8.45. The minimum absolute atomic E-state index is 0.0714. The highest BCUT2D eigenvalue weighted by atomic mass is 19.1. The fourth-order valence-electron chi connectivity index (χ4n) is 4.30. The van der Waals surface area contributed by atoms with Crippen LogP contribution in [0.25, 0.3) is 0 Å². The fourth-order valence-corrected chi connectivity index (χ4v) is 4.30. The molecule has 0 unspecified atom stereocenters. The number of hydrogen-bond acceptors (Lipinski definition) is 4. The molecule has 2 aliphatic rings. The number of halogens is 1. The molecule has 2 saturated heterocycles. The second kappa shape index (κ2) is 9.79. The average Bonchev–Trinajstić information content (AvgIpc) is 2.78. The van der Waals surface area contributed by atoms with E-state index < -0.39 is 11.9 Å². The number of amides is 1. The summed E-state index contributed by atoms with van der Waals surface area (Å²) in [6, 6.07) is 12.3. The number of ether oxygens (including phenoxy) is 2. The summed E-state index contributed by atoms with van der Waals surface area (Å²) < 4.78 is 25.4. The average molecular weight is 427 g/mol. The number of likely N-dealkylation sites (tertiary alicyclic amines) is 1. The highest BCUT2D eigenvalue weighted by molar-refractivity contribution is 5.89. The molecule has 1 amide bonds. The van der Waals surface area contributed by atoms with Crippen molar-refractivity contribution in [2.24, 2.45) is 0 Å². The first kappa shape index (κ1) is 21.8. The molecule has 0 N–H and O–H groups in total. The standard InChI is InChI=1S/C25H31FN2O3/c1-18-9-10-20(17-19(18)2)23-24(31-22-8-4-3-7-21(22)26)25(29)28(23)12-6-5-11-27-13-15-30-16-14-27/h3-4,7-10,17,23-24H,5-6,11-16H2,1-2H3/t23-,24-/m0/s1. The lowest BCUT2D eigenvalue weighted by molar-refractivity contribution is -0.164. The molecule has 0 radical (unpaired) electrons. The number of rotatable bonds is 8. The minimum atomic E-state index is -0.696. The van der Waals surface area contributed by atoms with Crippen molar-refractivity contribution in [3.05, 3.63) is 65.0 Å². The van der Waals surface area contributed by atoms with Crippen molar-refractivity contribution in [1.29, 1.82) is 0 Å². The molecule has 0 saturated carbocycles. The summed E-state index contributed by atoms with van der Waals surface area (Å²) in [4.78, 5) is 17.3. The summed E-state index contributed by atoms with van der Waals surface area (Å²) in [5.41, 5.74) is 3.42. The van der Waals surface area contributed by atoms with E-state index in [0.29, 0.717) is 6.54 Å². The number of aryl methyl sites for hydroxylation is 2. The first-order valence-corrected chi connectivity index (χ1v) is 11.1. The number of morpholine rings is 1. The van der Waals surface area contributed by atoms with Crippen LogP contribution < -0.4 is 4.74 Å². The van der Waals surface area contributed by atoms with Gasteiger partial charge in [0.2, 0.25) is 6.10 Å². The van der Waals surface area contributed by atoms with Crippen molar-refractivity contribution < 1.29 is 18.7 Å². The van der Waals surface area contributed by atoms with E-state index in [2.05, 4.69) is 36.9 Å². The van der Waals surface area contributed by atoms with Crippen molar-refractivity contribution in [2.45, 2.75) is 38.8 Å². The predicted octanol–water partition coefficient (Wildman–Crippen LogP) is 3.89. The zero-order valence-electron chi connectivity index (χ0n) is 18.4. The van der Waals surface area contributed by atoms with Gasteiger partial charge in [0.05, 0.1) is 13.2 Å². The van der Waals surface area contributed by atoms with Gasteiger partial charge < -0.3 is 14.4 Å². The highest BCUT2D eigenvalue weighted by Crippen LogP contribution is 2.39. The summed E-state index contributed by atoms with van der Waals surface area (Å²) in [5.74, 6) is -0.391. The molecular weight excluding hydrogens is 395 g/mol. The monoisotopic (exact) mass is 426 g/mol. The van der Waals surface area contributed by atoms with Gasteiger partial charge in [0.25, 0.3) is 5.91 Å². The summed E-state index contributed by atoms with van der Waals surface area (Å²) in [5, 5.41) is 0. The van der Waals surface area contributed by atoms with Crippen LogP contribution in [-0.4, -0.2) is 61.2 Å². The Morgan fingerprint density at radius 3 is 2.52 bits per heavy atom. The number of hydrogen-bond donors (Lipinski definition) is 0. The molecule has 0 bridgehead atoms. The van der Waals surface area contributed by atoms with Gasteiger partial charge in [0.1, 0.15) is 6.04 Å². The number of unbranched alkanes of at least 4 members (excludes halogenated alkanes) is 1. The van der Waals surface area contributed by atoms with Gasteiger partial charge in [-0.05, 0) is 62.1 Å². The maximum absolute atomic E-state index is 14.1. The topological polar surface area (TPSA) is 42.0 Å². The normalized spacial score (nSPS) is 21.8. The Hall–Kier alpha value is -2.44. The third kappa shape index (κ3) is 4.91. The fraction of sp³-hybridized carbons (Fsp3) is 0.480.